The summed E-state index contributed by atoms with van der Waals surface area (Å²) in [6, 6.07) is 21.0. The van der Waals surface area contributed by atoms with Crippen LogP contribution in [0.3, 0.4) is 0 Å². The Morgan fingerprint density at radius 3 is 2.52 bits per heavy atom. The van der Waals surface area contributed by atoms with Crippen molar-refractivity contribution in [2.24, 2.45) is 0 Å². The predicted molar refractivity (Wildman–Crippen MR) is 134 cm³/mol. The molecule has 3 aromatic carbocycles. The minimum absolute atomic E-state index is 0.0579. The van der Waals surface area contributed by atoms with Gasteiger partial charge in [-0.15, -0.1) is 0 Å². The molecule has 3 aromatic rings. The first-order valence-electron chi connectivity index (χ1n) is 10.7. The van der Waals surface area contributed by atoms with Crippen molar-refractivity contribution in [2.75, 3.05) is 48.3 Å². The van der Waals surface area contributed by atoms with Crippen LogP contribution >= 0.6 is 23.4 Å². The molecule has 168 valence electrons. The zero-order valence-electron chi connectivity index (χ0n) is 18.1. The van der Waals surface area contributed by atoms with Gasteiger partial charge < -0.3 is 20.0 Å². The van der Waals surface area contributed by atoms with E-state index in [0.717, 1.165) is 34.3 Å². The fraction of sp³-hybridized carbons (Fsp3) is 0.200. The van der Waals surface area contributed by atoms with Crippen LogP contribution in [0.5, 0.6) is 0 Å². The summed E-state index contributed by atoms with van der Waals surface area (Å²) in [5, 5.41) is 3.71. The average molecular weight is 479 g/mol. The van der Waals surface area contributed by atoms with Crippen molar-refractivity contribution in [1.82, 2.24) is 4.90 Å². The third-order valence-corrected chi connectivity index (χ3v) is 7.33. The Morgan fingerprint density at radius 1 is 0.939 bits per heavy atom. The molecule has 0 unspecified atom stereocenters. The molecule has 33 heavy (non-hydrogen) atoms. The van der Waals surface area contributed by atoms with Gasteiger partial charge in [-0.2, -0.15) is 0 Å². The summed E-state index contributed by atoms with van der Waals surface area (Å²) in [7, 11) is 1.77. The summed E-state index contributed by atoms with van der Waals surface area (Å²) in [4.78, 5) is 33.5. The number of urea groups is 1. The molecule has 2 heterocycles. The number of rotatable bonds is 2. The predicted octanol–water partition coefficient (Wildman–Crippen LogP) is 5.44. The molecule has 0 atom stereocenters. The van der Waals surface area contributed by atoms with Crippen molar-refractivity contribution in [1.29, 1.82) is 0 Å². The lowest BCUT2D eigenvalue weighted by molar-refractivity contribution is 0.0990. The van der Waals surface area contributed by atoms with E-state index in [4.69, 9.17) is 11.6 Å². The molecular weight excluding hydrogens is 456 g/mol. The third-order valence-electron chi connectivity index (χ3n) is 5.95. The van der Waals surface area contributed by atoms with Crippen LogP contribution in [-0.4, -0.2) is 50.1 Å². The van der Waals surface area contributed by atoms with Gasteiger partial charge in [0.15, 0.2) is 0 Å². The van der Waals surface area contributed by atoms with Gasteiger partial charge in [-0.05, 0) is 48.5 Å². The molecule has 1 saturated heterocycles. The number of nitrogens with one attached hydrogen (secondary N) is 1. The molecule has 0 saturated carbocycles. The molecule has 3 amide bonds. The van der Waals surface area contributed by atoms with Crippen LogP contribution in [0.2, 0.25) is 5.02 Å². The number of fused-ring (bicyclic) bond motifs is 2. The van der Waals surface area contributed by atoms with E-state index in [9.17, 15) is 9.59 Å². The van der Waals surface area contributed by atoms with Gasteiger partial charge in [0.1, 0.15) is 0 Å². The van der Waals surface area contributed by atoms with Crippen LogP contribution in [0, 0.1) is 0 Å². The Balaban J connectivity index is 1.27. The zero-order chi connectivity index (χ0) is 22.9. The molecule has 0 spiro atoms. The largest absolute Gasteiger partial charge is 0.368 e. The van der Waals surface area contributed by atoms with E-state index in [1.807, 2.05) is 71.6 Å². The van der Waals surface area contributed by atoms with Crippen LogP contribution in [0.15, 0.2) is 76.5 Å². The van der Waals surface area contributed by atoms with Crippen molar-refractivity contribution < 1.29 is 9.59 Å². The van der Waals surface area contributed by atoms with E-state index >= 15 is 0 Å². The molecule has 0 aliphatic carbocycles. The molecule has 0 radical (unpaired) electrons. The number of hydrogen-bond acceptors (Lipinski definition) is 4. The van der Waals surface area contributed by atoms with Crippen molar-refractivity contribution in [3.05, 3.63) is 77.3 Å². The first kappa shape index (κ1) is 21.7. The number of benzene rings is 3. The number of nitrogens with zero attached hydrogens (tertiary/aromatic N) is 3. The van der Waals surface area contributed by atoms with E-state index in [-0.39, 0.29) is 11.9 Å². The van der Waals surface area contributed by atoms with Gasteiger partial charge in [0, 0.05) is 59.4 Å². The number of carbonyl (C=O) groups excluding carboxylic acids is 2. The quantitative estimate of drug-likeness (QED) is 0.533. The summed E-state index contributed by atoms with van der Waals surface area (Å²) in [6.07, 6.45) is 0. The maximum absolute atomic E-state index is 13.0. The molecule has 2 aliphatic heterocycles. The molecule has 2 aliphatic rings. The standard InChI is InChI=1S/C25H23ClN4O2S/c1-28-21-16-18(9-10-23(21)33-22-8-3-2-7-20(22)24(28)31)27-25(32)30-13-11-29(12-14-30)19-6-4-5-17(26)15-19/h2-10,15-16H,11-14H2,1H3,(H,27,32). The normalized spacial score (nSPS) is 15.6. The molecule has 0 bridgehead atoms. The monoisotopic (exact) mass is 478 g/mol. The minimum Gasteiger partial charge on any atom is -0.368 e. The minimum atomic E-state index is -0.140. The SMILES string of the molecule is CN1C(=O)c2ccccc2Sc2ccc(NC(=O)N3CCN(c4cccc(Cl)c4)CC3)cc21. The van der Waals surface area contributed by atoms with Crippen molar-refractivity contribution in [2.45, 2.75) is 9.79 Å². The Kier molecular flexibility index (Phi) is 5.91. The number of hydrogen-bond donors (Lipinski definition) is 1. The Bertz CT molecular complexity index is 1230. The number of piperazine rings is 1. The van der Waals surface area contributed by atoms with Gasteiger partial charge >= 0.3 is 6.03 Å². The average Bonchev–Trinajstić information content (AvgIpc) is 2.94. The lowest BCUT2D eigenvalue weighted by Gasteiger charge is -2.36. The van der Waals surface area contributed by atoms with Crippen LogP contribution in [-0.2, 0) is 0 Å². The second-order valence-electron chi connectivity index (χ2n) is 8.03. The molecule has 1 fully saturated rings. The summed E-state index contributed by atoms with van der Waals surface area (Å²) in [5.41, 5.74) is 3.20. The van der Waals surface area contributed by atoms with Crippen LogP contribution in [0.4, 0.5) is 21.9 Å². The Hall–Kier alpha value is -3.16. The maximum atomic E-state index is 13.0. The molecular formula is C25H23ClN4O2S. The summed E-state index contributed by atoms with van der Waals surface area (Å²) < 4.78 is 0. The highest BCUT2D eigenvalue weighted by Crippen LogP contribution is 2.41. The van der Waals surface area contributed by atoms with E-state index in [1.54, 1.807) is 23.7 Å². The fourth-order valence-electron chi connectivity index (χ4n) is 4.13. The lowest BCUT2D eigenvalue weighted by Crippen LogP contribution is -2.50. The van der Waals surface area contributed by atoms with Gasteiger partial charge in [0.25, 0.3) is 5.91 Å². The van der Waals surface area contributed by atoms with E-state index in [1.165, 1.54) is 0 Å². The highest BCUT2D eigenvalue weighted by Gasteiger charge is 2.26. The lowest BCUT2D eigenvalue weighted by atomic mass is 10.2. The fourth-order valence-corrected chi connectivity index (χ4v) is 5.40. The van der Waals surface area contributed by atoms with E-state index in [0.29, 0.717) is 29.4 Å². The first-order valence-corrected chi connectivity index (χ1v) is 11.9. The van der Waals surface area contributed by atoms with Crippen LogP contribution in [0.1, 0.15) is 10.4 Å². The number of amides is 3. The highest BCUT2D eigenvalue weighted by molar-refractivity contribution is 7.99. The van der Waals surface area contributed by atoms with Crippen LogP contribution < -0.4 is 15.1 Å². The van der Waals surface area contributed by atoms with E-state index < -0.39 is 0 Å². The van der Waals surface area contributed by atoms with E-state index in [2.05, 4.69) is 10.2 Å². The maximum Gasteiger partial charge on any atom is 0.321 e. The molecule has 1 N–H and O–H groups in total. The smallest absolute Gasteiger partial charge is 0.321 e. The van der Waals surface area contributed by atoms with Crippen molar-refractivity contribution in [3.8, 4) is 0 Å². The van der Waals surface area contributed by atoms with Gasteiger partial charge in [0.05, 0.1) is 11.3 Å². The summed E-state index contributed by atoms with van der Waals surface area (Å²) >= 11 is 7.68. The highest BCUT2D eigenvalue weighted by atomic mass is 35.5. The summed E-state index contributed by atoms with van der Waals surface area (Å²) in [5.74, 6) is -0.0579. The molecule has 5 rings (SSSR count). The second kappa shape index (κ2) is 9.00. The first-order chi connectivity index (χ1) is 16.0. The Morgan fingerprint density at radius 2 is 1.73 bits per heavy atom. The van der Waals surface area contributed by atoms with Gasteiger partial charge in [-0.1, -0.05) is 41.6 Å². The second-order valence-corrected chi connectivity index (χ2v) is 9.55. The topological polar surface area (TPSA) is 55.9 Å². The van der Waals surface area contributed by atoms with Gasteiger partial charge in [-0.3, -0.25) is 4.79 Å². The number of halogens is 1. The van der Waals surface area contributed by atoms with Crippen molar-refractivity contribution in [3.63, 3.8) is 0 Å². The molecule has 0 aromatic heterocycles. The number of carbonyl (C=O) groups is 2. The molecule has 6 nitrogen and oxygen atoms in total. The van der Waals surface area contributed by atoms with Gasteiger partial charge in [0.2, 0.25) is 0 Å². The molecule has 8 heteroatoms. The summed E-state index contributed by atoms with van der Waals surface area (Å²) in [6.45, 7) is 2.72. The number of anilines is 3. The van der Waals surface area contributed by atoms with Crippen LogP contribution in [0.25, 0.3) is 0 Å². The zero-order valence-corrected chi connectivity index (χ0v) is 19.7. The Labute approximate surface area is 202 Å². The van der Waals surface area contributed by atoms with Crippen molar-refractivity contribution >= 4 is 52.4 Å². The van der Waals surface area contributed by atoms with Gasteiger partial charge in [-0.25, -0.2) is 4.79 Å². The third kappa shape index (κ3) is 4.38.